The second-order valence-corrected chi connectivity index (χ2v) is 6.68. The highest BCUT2D eigenvalue weighted by Crippen LogP contribution is 2.29. The highest BCUT2D eigenvalue weighted by Gasteiger charge is 2.22. The van der Waals surface area contributed by atoms with Gasteiger partial charge in [-0.25, -0.2) is 9.37 Å². The number of benzene rings is 1. The Morgan fingerprint density at radius 1 is 1.22 bits per heavy atom. The molecule has 0 amide bonds. The van der Waals surface area contributed by atoms with Gasteiger partial charge in [-0.05, 0) is 48.6 Å². The molecule has 0 aliphatic rings. The third-order valence-electron chi connectivity index (χ3n) is 4.03. The van der Waals surface area contributed by atoms with Gasteiger partial charge in [0.15, 0.2) is 0 Å². The van der Waals surface area contributed by atoms with E-state index in [-0.39, 0.29) is 17.9 Å². The lowest BCUT2D eigenvalue weighted by molar-refractivity contribution is 0.492. The molecule has 23 heavy (non-hydrogen) atoms. The highest BCUT2D eigenvalue weighted by molar-refractivity contribution is 7.10. The molecule has 2 heterocycles. The zero-order valence-corrected chi connectivity index (χ0v) is 14.3. The average molecular weight is 329 g/mol. The summed E-state index contributed by atoms with van der Waals surface area (Å²) in [5, 5.41) is 5.75. The van der Waals surface area contributed by atoms with Crippen molar-refractivity contribution in [2.24, 2.45) is 7.05 Å². The third kappa shape index (κ3) is 3.35. The average Bonchev–Trinajstić information content (AvgIpc) is 3.14. The van der Waals surface area contributed by atoms with Gasteiger partial charge in [0.1, 0.15) is 11.6 Å². The Hall–Kier alpha value is -1.98. The van der Waals surface area contributed by atoms with E-state index in [9.17, 15) is 4.39 Å². The molecule has 0 radical (unpaired) electrons. The molecule has 0 aliphatic heterocycles. The van der Waals surface area contributed by atoms with Crippen molar-refractivity contribution in [1.82, 2.24) is 14.9 Å². The molecule has 1 N–H and O–H groups in total. The van der Waals surface area contributed by atoms with E-state index in [1.54, 1.807) is 17.5 Å². The minimum atomic E-state index is -0.227. The van der Waals surface area contributed by atoms with Gasteiger partial charge in [-0.15, -0.1) is 11.3 Å². The lowest BCUT2D eigenvalue weighted by Crippen LogP contribution is -2.27. The molecule has 0 unspecified atom stereocenters. The van der Waals surface area contributed by atoms with E-state index < -0.39 is 0 Å². The van der Waals surface area contributed by atoms with Gasteiger partial charge in [0.05, 0.1) is 6.04 Å². The maximum atomic E-state index is 13.3. The van der Waals surface area contributed by atoms with Crippen molar-refractivity contribution >= 4 is 11.3 Å². The summed E-state index contributed by atoms with van der Waals surface area (Å²) in [5.41, 5.74) is 2.29. The highest BCUT2D eigenvalue weighted by atomic mass is 32.1. The van der Waals surface area contributed by atoms with Gasteiger partial charge in [-0.1, -0.05) is 12.1 Å². The number of imidazole rings is 1. The van der Waals surface area contributed by atoms with Crippen molar-refractivity contribution in [2.45, 2.75) is 25.9 Å². The Bertz CT molecular complexity index is 776. The smallest absolute Gasteiger partial charge is 0.130 e. The SMILES string of the molecule is Cc1ccsc1[C@H](C)N[C@H](c1ccc(F)cc1)c1nccn1C. The molecule has 2 atom stereocenters. The molecular formula is C18H20FN3S. The minimum Gasteiger partial charge on any atom is -0.336 e. The Labute approximate surface area is 139 Å². The summed E-state index contributed by atoms with van der Waals surface area (Å²) in [7, 11) is 1.97. The Morgan fingerprint density at radius 2 is 1.96 bits per heavy atom. The number of hydrogen-bond donors (Lipinski definition) is 1. The lowest BCUT2D eigenvalue weighted by atomic mass is 10.0. The minimum absolute atomic E-state index is 0.0906. The van der Waals surface area contributed by atoms with Crippen LogP contribution < -0.4 is 5.32 Å². The molecule has 120 valence electrons. The monoisotopic (exact) mass is 329 g/mol. The van der Waals surface area contributed by atoms with Gasteiger partial charge in [0.2, 0.25) is 0 Å². The predicted molar refractivity (Wildman–Crippen MR) is 92.1 cm³/mol. The van der Waals surface area contributed by atoms with Gasteiger partial charge >= 0.3 is 0 Å². The van der Waals surface area contributed by atoms with Crippen LogP contribution in [0.1, 0.15) is 40.8 Å². The quantitative estimate of drug-likeness (QED) is 0.753. The van der Waals surface area contributed by atoms with Crippen molar-refractivity contribution in [1.29, 1.82) is 0 Å². The number of hydrogen-bond acceptors (Lipinski definition) is 3. The van der Waals surface area contributed by atoms with Crippen LogP contribution in [0.2, 0.25) is 0 Å². The largest absolute Gasteiger partial charge is 0.336 e. The maximum Gasteiger partial charge on any atom is 0.130 e. The molecule has 2 aromatic heterocycles. The predicted octanol–water partition coefficient (Wildman–Crippen LogP) is 4.37. The molecule has 1 aromatic carbocycles. The zero-order valence-electron chi connectivity index (χ0n) is 13.5. The van der Waals surface area contributed by atoms with Crippen molar-refractivity contribution in [3.8, 4) is 0 Å². The van der Waals surface area contributed by atoms with E-state index in [4.69, 9.17) is 0 Å². The number of nitrogens with zero attached hydrogens (tertiary/aromatic N) is 2. The third-order valence-corrected chi connectivity index (χ3v) is 5.23. The van der Waals surface area contributed by atoms with Crippen LogP contribution in [0.3, 0.4) is 0 Å². The van der Waals surface area contributed by atoms with E-state index in [1.807, 2.05) is 29.9 Å². The summed E-state index contributed by atoms with van der Waals surface area (Å²) < 4.78 is 15.3. The maximum absolute atomic E-state index is 13.3. The second kappa shape index (κ2) is 6.64. The molecule has 0 bridgehead atoms. The van der Waals surface area contributed by atoms with E-state index in [0.717, 1.165) is 11.4 Å². The summed E-state index contributed by atoms with van der Waals surface area (Å²) >= 11 is 1.75. The molecule has 0 fully saturated rings. The first kappa shape index (κ1) is 15.9. The van der Waals surface area contributed by atoms with Crippen LogP contribution >= 0.6 is 11.3 Å². The van der Waals surface area contributed by atoms with Crippen LogP contribution in [0.25, 0.3) is 0 Å². The summed E-state index contributed by atoms with van der Waals surface area (Å²) in [6.07, 6.45) is 3.71. The first-order chi connectivity index (χ1) is 11.1. The second-order valence-electron chi connectivity index (χ2n) is 5.74. The van der Waals surface area contributed by atoms with Crippen molar-refractivity contribution in [3.63, 3.8) is 0 Å². The van der Waals surface area contributed by atoms with Crippen molar-refractivity contribution in [3.05, 3.63) is 75.8 Å². The molecule has 3 rings (SSSR count). The van der Waals surface area contributed by atoms with Crippen LogP contribution in [-0.2, 0) is 7.05 Å². The summed E-state index contributed by atoms with van der Waals surface area (Å²) in [6.45, 7) is 4.27. The topological polar surface area (TPSA) is 29.9 Å². The molecular weight excluding hydrogens is 309 g/mol. The first-order valence-electron chi connectivity index (χ1n) is 7.59. The number of aromatic nitrogens is 2. The Balaban J connectivity index is 1.94. The number of rotatable bonds is 5. The molecule has 0 spiro atoms. The van der Waals surface area contributed by atoms with Crippen LogP contribution in [-0.4, -0.2) is 9.55 Å². The fourth-order valence-corrected chi connectivity index (χ4v) is 3.73. The van der Waals surface area contributed by atoms with Crippen LogP contribution in [0, 0.1) is 12.7 Å². The van der Waals surface area contributed by atoms with Gasteiger partial charge in [0.25, 0.3) is 0 Å². The normalized spacial score (nSPS) is 13.9. The van der Waals surface area contributed by atoms with E-state index in [1.165, 1.54) is 22.6 Å². The molecule has 0 aliphatic carbocycles. The zero-order chi connectivity index (χ0) is 16.4. The van der Waals surface area contributed by atoms with E-state index in [2.05, 4.69) is 35.6 Å². The van der Waals surface area contributed by atoms with E-state index >= 15 is 0 Å². The Morgan fingerprint density at radius 3 is 2.52 bits per heavy atom. The standard InChI is InChI=1S/C18H20FN3S/c1-12-8-11-23-17(12)13(2)21-16(18-20-9-10-22(18)3)14-4-6-15(19)7-5-14/h4-11,13,16,21H,1-3H3/t13-,16+/m0/s1. The molecule has 3 aromatic rings. The number of thiophene rings is 1. The van der Waals surface area contributed by atoms with E-state index in [0.29, 0.717) is 0 Å². The molecule has 0 saturated heterocycles. The van der Waals surface area contributed by atoms with Gasteiger partial charge in [-0.3, -0.25) is 5.32 Å². The van der Waals surface area contributed by atoms with Crippen LogP contribution in [0.5, 0.6) is 0 Å². The Kier molecular flexibility index (Phi) is 4.59. The summed E-state index contributed by atoms with van der Waals surface area (Å²) in [6, 6.07) is 8.84. The van der Waals surface area contributed by atoms with Gasteiger partial charge in [0, 0.05) is 30.4 Å². The molecule has 0 saturated carbocycles. The van der Waals surface area contributed by atoms with Crippen molar-refractivity contribution in [2.75, 3.05) is 0 Å². The number of nitrogens with one attached hydrogen (secondary N) is 1. The van der Waals surface area contributed by atoms with Crippen LogP contribution in [0.15, 0.2) is 48.1 Å². The molecule has 5 heteroatoms. The fourth-order valence-electron chi connectivity index (χ4n) is 2.78. The number of aryl methyl sites for hydroxylation is 2. The summed E-state index contributed by atoms with van der Waals surface area (Å²) in [4.78, 5) is 5.79. The summed E-state index contributed by atoms with van der Waals surface area (Å²) in [5.74, 6) is 0.687. The van der Waals surface area contributed by atoms with Crippen LogP contribution in [0.4, 0.5) is 4.39 Å². The first-order valence-corrected chi connectivity index (χ1v) is 8.47. The van der Waals surface area contributed by atoms with Crippen molar-refractivity contribution < 1.29 is 4.39 Å². The number of halogens is 1. The van der Waals surface area contributed by atoms with Gasteiger partial charge < -0.3 is 4.57 Å². The van der Waals surface area contributed by atoms with Gasteiger partial charge in [-0.2, -0.15) is 0 Å². The lowest BCUT2D eigenvalue weighted by Gasteiger charge is -2.23. The fraction of sp³-hybridized carbons (Fsp3) is 0.278. The molecule has 3 nitrogen and oxygen atoms in total.